The third-order valence-corrected chi connectivity index (χ3v) is 14.6. The van der Waals surface area contributed by atoms with Crippen LogP contribution in [0.2, 0.25) is 0 Å². The molecule has 332 valence electrons. The quantitative estimate of drug-likeness (QED) is 0.0537. The number of allylic oxidation sites excluding steroid dienone is 4. The van der Waals surface area contributed by atoms with Gasteiger partial charge in [-0.3, -0.25) is 38.4 Å². The summed E-state index contributed by atoms with van der Waals surface area (Å²) >= 11 is 10.6. The van der Waals surface area contributed by atoms with Gasteiger partial charge in [0.25, 0.3) is 0 Å². The lowest BCUT2D eigenvalue weighted by Crippen LogP contribution is -2.69. The van der Waals surface area contributed by atoms with Crippen LogP contribution < -0.4 is 26.6 Å². The van der Waals surface area contributed by atoms with Crippen LogP contribution in [0.4, 0.5) is 0 Å². The molecule has 4 aliphatic rings. The number of carbonyl (C=O) groups is 8. The number of carbonyl (C=O) groups excluding carboxylic acids is 8. The van der Waals surface area contributed by atoms with Gasteiger partial charge in [0.1, 0.15) is 19.4 Å². The number of ether oxygens (including phenoxy) is 2. The van der Waals surface area contributed by atoms with Gasteiger partial charge in [-0.1, -0.05) is 85.6 Å². The Morgan fingerprint density at radius 2 is 1.59 bits per heavy atom. The number of nitrogens with one attached hydrogen (secondary N) is 5. The Bertz CT molecular complexity index is 1970. The first-order valence-electron chi connectivity index (χ1n) is 20.5. The molecule has 5 rings (SSSR count). The van der Waals surface area contributed by atoms with Crippen molar-refractivity contribution in [2.45, 2.75) is 88.8 Å². The second-order valence-corrected chi connectivity index (χ2v) is 17.9. The van der Waals surface area contributed by atoms with Crippen molar-refractivity contribution in [3.8, 4) is 0 Å². The normalized spacial score (nSPS) is 30.3. The van der Waals surface area contributed by atoms with Crippen LogP contribution in [-0.4, -0.2) is 113 Å². The zero-order valence-corrected chi connectivity index (χ0v) is 37.1. The van der Waals surface area contributed by atoms with Crippen LogP contribution in [-0.2, 0) is 54.3 Å². The molecule has 18 heteroatoms. The summed E-state index contributed by atoms with van der Waals surface area (Å²) in [6.45, 7) is 5.01. The molecule has 1 aromatic rings. The van der Waals surface area contributed by atoms with Crippen LogP contribution in [0.3, 0.4) is 0 Å². The zero-order chi connectivity index (χ0) is 44.8. The Morgan fingerprint density at radius 3 is 2.28 bits per heavy atom. The predicted molar refractivity (Wildman–Crippen MR) is 226 cm³/mol. The lowest BCUT2D eigenvalue weighted by atomic mass is 9.45. The minimum Gasteiger partial charge on any atom is -0.450 e. The zero-order valence-electron chi connectivity index (χ0n) is 34.8. The summed E-state index contributed by atoms with van der Waals surface area (Å²) in [6, 6.07) is 7.71. The third-order valence-electron chi connectivity index (χ3n) is 13.1. The van der Waals surface area contributed by atoms with E-state index in [0.717, 1.165) is 5.57 Å². The molecule has 61 heavy (non-hydrogen) atoms. The van der Waals surface area contributed by atoms with Crippen LogP contribution in [0.25, 0.3) is 0 Å². The van der Waals surface area contributed by atoms with E-state index in [-0.39, 0.29) is 48.8 Å². The first-order chi connectivity index (χ1) is 28.9. The van der Waals surface area contributed by atoms with Gasteiger partial charge in [-0.25, -0.2) is 0 Å². The van der Waals surface area contributed by atoms with Crippen LogP contribution in [0.5, 0.6) is 0 Å². The van der Waals surface area contributed by atoms with Gasteiger partial charge in [-0.2, -0.15) is 0 Å². The highest BCUT2D eigenvalue weighted by Crippen LogP contribution is 2.72. The second kappa shape index (κ2) is 19.7. The fraction of sp³-hybridized carbons (Fsp3) is 0.581. The number of hydrogen-bond acceptors (Lipinski definition) is 11. The number of esters is 1. The summed E-state index contributed by atoms with van der Waals surface area (Å²) in [5.74, 6) is -5.28. The number of benzene rings is 1. The summed E-state index contributed by atoms with van der Waals surface area (Å²) in [5, 5.41) is 24.3. The Labute approximate surface area is 368 Å². The van der Waals surface area contributed by atoms with Gasteiger partial charge in [0, 0.05) is 29.6 Å². The molecule has 0 aliphatic heterocycles. The van der Waals surface area contributed by atoms with E-state index in [4.69, 9.17) is 21.1 Å². The first-order valence-corrected chi connectivity index (χ1v) is 22.0. The Morgan fingerprint density at radius 1 is 0.934 bits per heavy atom. The minimum atomic E-state index is -1.68. The molecule has 0 spiro atoms. The maximum atomic E-state index is 14.5. The second-order valence-electron chi connectivity index (χ2n) is 16.7. The van der Waals surface area contributed by atoms with Crippen molar-refractivity contribution in [2.24, 2.45) is 28.6 Å². The van der Waals surface area contributed by atoms with Crippen molar-refractivity contribution in [1.29, 1.82) is 0 Å². The van der Waals surface area contributed by atoms with E-state index in [9.17, 15) is 43.5 Å². The molecule has 1 unspecified atom stereocenters. The molecule has 0 saturated heterocycles. The SMILES string of the molecule is CCC(=O)O[C@]1(C(=O)COCNC(=O)CNC(=O)[C@H](Cc2ccccc2)NC(=O)CNC(=O)CNC(=O)CBr)[C@@H](C)CC2[C@@H]3CCC4=CC(=O)C=C[C@]4(C)[C@@]3(Cl)[C@@H](O)C[C@@]21C. The van der Waals surface area contributed by atoms with E-state index in [0.29, 0.717) is 24.8 Å². The van der Waals surface area contributed by atoms with Crippen LogP contribution in [0, 0.1) is 28.6 Å². The van der Waals surface area contributed by atoms with E-state index < -0.39 is 107 Å². The molecule has 3 fully saturated rings. The summed E-state index contributed by atoms with van der Waals surface area (Å²) in [4.78, 5) is 101. The molecule has 4 aliphatic carbocycles. The van der Waals surface area contributed by atoms with Gasteiger partial charge in [0.05, 0.1) is 35.9 Å². The fourth-order valence-corrected chi connectivity index (χ4v) is 10.9. The summed E-state index contributed by atoms with van der Waals surface area (Å²) in [5.41, 5.74) is -1.95. The predicted octanol–water partition coefficient (Wildman–Crippen LogP) is 1.69. The molecule has 5 amide bonds. The minimum absolute atomic E-state index is 0.00670. The molecular formula is C43H55BrClN5O11. The van der Waals surface area contributed by atoms with Gasteiger partial charge in [0.15, 0.2) is 11.4 Å². The standard InChI is InChI=1S/C43H55BrClN5O11/c1-5-38(58)61-43(25(2)15-30-29-12-11-27-17-28(51)13-14-40(27,3)42(29,45)32(52)18-41(30,43)4)33(53)23-60-24-49-36(56)21-48-39(59)31(16-26-9-7-6-8-10-26)50-37(57)22-47-35(55)20-46-34(54)19-44/h6-10,13-14,17,25,29-32,52H,5,11-12,15-16,18-24H2,1-4H3,(H,46,54)(H,47,55)(H,48,59)(H,49,56)(H,50,57)/t25-,29-,30?,31-,32-,40-,41-,42-,43-/m0/s1. The van der Waals surface area contributed by atoms with Crippen molar-refractivity contribution < 1.29 is 52.9 Å². The van der Waals surface area contributed by atoms with Crippen molar-refractivity contribution in [3.63, 3.8) is 0 Å². The summed E-state index contributed by atoms with van der Waals surface area (Å²) in [7, 11) is 0. The molecule has 0 radical (unpaired) electrons. The average Bonchev–Trinajstić information content (AvgIpc) is 3.45. The third kappa shape index (κ3) is 9.64. The molecule has 0 bridgehead atoms. The largest absolute Gasteiger partial charge is 0.450 e. The maximum absolute atomic E-state index is 14.5. The van der Waals surface area contributed by atoms with E-state index >= 15 is 0 Å². The van der Waals surface area contributed by atoms with E-state index in [1.807, 2.05) is 20.8 Å². The highest BCUT2D eigenvalue weighted by Gasteiger charge is 2.76. The number of alkyl halides is 2. The highest BCUT2D eigenvalue weighted by atomic mass is 79.9. The summed E-state index contributed by atoms with van der Waals surface area (Å²) < 4.78 is 11.9. The van der Waals surface area contributed by atoms with Crippen LogP contribution >= 0.6 is 27.5 Å². The number of amides is 5. The van der Waals surface area contributed by atoms with E-state index in [1.165, 1.54) is 6.08 Å². The number of aliphatic hydroxyl groups excluding tert-OH is 1. The average molecular weight is 933 g/mol. The Balaban J connectivity index is 1.19. The first kappa shape index (κ1) is 47.6. The lowest BCUT2D eigenvalue weighted by Gasteiger charge is -2.64. The van der Waals surface area contributed by atoms with Crippen molar-refractivity contribution in [2.75, 3.05) is 38.3 Å². The maximum Gasteiger partial charge on any atom is 0.306 e. The molecule has 16 nitrogen and oxygen atoms in total. The lowest BCUT2D eigenvalue weighted by molar-refractivity contribution is -0.203. The Hall–Kier alpha value is -4.45. The number of ketones is 2. The van der Waals surface area contributed by atoms with E-state index in [1.54, 1.807) is 49.4 Å². The fourth-order valence-electron chi connectivity index (χ4n) is 10.2. The number of fused-ring (bicyclic) bond motifs is 5. The number of hydrogen-bond donors (Lipinski definition) is 6. The number of rotatable bonds is 18. The van der Waals surface area contributed by atoms with E-state index in [2.05, 4.69) is 42.5 Å². The number of Topliss-reactive ketones (excluding diaryl/α,β-unsaturated/α-hetero) is 1. The molecule has 1 aromatic carbocycles. The van der Waals surface area contributed by atoms with Gasteiger partial charge in [-0.05, 0) is 55.2 Å². The summed E-state index contributed by atoms with van der Waals surface area (Å²) in [6.07, 6.45) is 5.51. The molecule has 9 atom stereocenters. The highest BCUT2D eigenvalue weighted by molar-refractivity contribution is 9.09. The Kier molecular flexibility index (Phi) is 15.4. The molecule has 3 saturated carbocycles. The van der Waals surface area contributed by atoms with Gasteiger partial charge in [0.2, 0.25) is 35.3 Å². The topological polar surface area (TPSA) is 235 Å². The van der Waals surface area contributed by atoms with Gasteiger partial charge >= 0.3 is 5.97 Å². The van der Waals surface area contributed by atoms with Crippen LogP contribution in [0.1, 0.15) is 65.4 Å². The molecule has 0 aromatic heterocycles. The smallest absolute Gasteiger partial charge is 0.306 e. The number of halogens is 2. The monoisotopic (exact) mass is 931 g/mol. The van der Waals surface area contributed by atoms with Crippen LogP contribution in [0.15, 0.2) is 54.1 Å². The molecular weight excluding hydrogens is 878 g/mol. The molecule has 0 heterocycles. The van der Waals surface area contributed by atoms with Gasteiger partial charge in [-0.15, -0.1) is 11.6 Å². The van der Waals surface area contributed by atoms with Gasteiger partial charge < -0.3 is 41.2 Å². The van der Waals surface area contributed by atoms with Crippen molar-refractivity contribution >= 4 is 74.6 Å². The van der Waals surface area contributed by atoms with Crippen molar-refractivity contribution in [3.05, 3.63) is 59.7 Å². The number of aliphatic hydroxyl groups is 1. The molecule has 6 N–H and O–H groups in total. The van der Waals surface area contributed by atoms with Crippen molar-refractivity contribution in [1.82, 2.24) is 26.6 Å².